The minimum Gasteiger partial charge on any atom is -0.353 e. The summed E-state index contributed by atoms with van der Waals surface area (Å²) in [5.74, 6) is 2.65. The molecular weight excluding hydrogens is 354 g/mol. The summed E-state index contributed by atoms with van der Waals surface area (Å²) in [6.07, 6.45) is 5.33. The van der Waals surface area contributed by atoms with Crippen LogP contribution in [0.1, 0.15) is 32.6 Å². The largest absolute Gasteiger partial charge is 0.353 e. The normalized spacial score (nSPS) is 26.2. The van der Waals surface area contributed by atoms with Crippen LogP contribution in [0.25, 0.3) is 10.2 Å². The van der Waals surface area contributed by atoms with Gasteiger partial charge in [-0.05, 0) is 55.4 Å². The number of amides is 1. The molecule has 2 saturated carbocycles. The van der Waals surface area contributed by atoms with E-state index in [1.54, 1.807) is 13.1 Å². The molecule has 2 fully saturated rings. The highest BCUT2D eigenvalue weighted by Crippen LogP contribution is 2.49. The van der Waals surface area contributed by atoms with Crippen molar-refractivity contribution in [3.05, 3.63) is 21.8 Å². The van der Waals surface area contributed by atoms with Gasteiger partial charge in [-0.25, -0.2) is 4.98 Å². The number of carbonyl (C=O) groups is 1. The predicted octanol–water partition coefficient (Wildman–Crippen LogP) is 3.03. The van der Waals surface area contributed by atoms with Crippen LogP contribution in [0.15, 0.2) is 21.4 Å². The molecule has 4 unspecified atom stereocenters. The molecule has 1 N–H and O–H groups in total. The highest BCUT2D eigenvalue weighted by atomic mass is 32.2. The maximum absolute atomic E-state index is 12.4. The fraction of sp³-hybridized carbons (Fsp3) is 0.611. The maximum Gasteiger partial charge on any atom is 0.262 e. The Kier molecular flexibility index (Phi) is 4.62. The standard InChI is InChI=1S/C18H23N3O2S2/c1-10(14-8-11-3-4-12(14)7-11)19-15(22)9-25-18-20-16-13(5-6-24-16)17(23)21(18)2/h5-6,10-12,14H,3-4,7-9H2,1-2H3,(H,19,22). The van der Waals surface area contributed by atoms with E-state index < -0.39 is 0 Å². The topological polar surface area (TPSA) is 64.0 Å². The number of nitrogens with one attached hydrogen (secondary N) is 1. The first-order valence-electron chi connectivity index (χ1n) is 8.89. The third-order valence-electron chi connectivity index (χ3n) is 5.82. The van der Waals surface area contributed by atoms with Crippen LogP contribution < -0.4 is 10.9 Å². The fourth-order valence-electron chi connectivity index (χ4n) is 4.55. The second kappa shape index (κ2) is 6.76. The van der Waals surface area contributed by atoms with Crippen molar-refractivity contribution in [1.82, 2.24) is 14.9 Å². The Morgan fingerprint density at radius 3 is 3.04 bits per heavy atom. The molecule has 0 spiro atoms. The van der Waals surface area contributed by atoms with E-state index in [0.29, 0.717) is 22.2 Å². The van der Waals surface area contributed by atoms with Crippen molar-refractivity contribution in [1.29, 1.82) is 0 Å². The number of fused-ring (bicyclic) bond motifs is 3. The van der Waals surface area contributed by atoms with Crippen molar-refractivity contribution in [3.63, 3.8) is 0 Å². The van der Waals surface area contributed by atoms with Gasteiger partial charge in [-0.2, -0.15) is 0 Å². The lowest BCUT2D eigenvalue weighted by Gasteiger charge is -2.28. The molecule has 2 aromatic heterocycles. The Balaban J connectivity index is 1.37. The predicted molar refractivity (Wildman–Crippen MR) is 102 cm³/mol. The summed E-state index contributed by atoms with van der Waals surface area (Å²) in [5, 5.41) is 6.29. The molecule has 2 aliphatic carbocycles. The molecule has 0 aromatic carbocycles. The molecule has 7 heteroatoms. The lowest BCUT2D eigenvalue weighted by atomic mass is 9.84. The second-order valence-corrected chi connectivity index (χ2v) is 9.22. The number of rotatable bonds is 5. The van der Waals surface area contributed by atoms with Gasteiger partial charge in [0.15, 0.2) is 5.16 Å². The van der Waals surface area contributed by atoms with Gasteiger partial charge >= 0.3 is 0 Å². The highest BCUT2D eigenvalue weighted by molar-refractivity contribution is 7.99. The van der Waals surface area contributed by atoms with Crippen LogP contribution in [0.3, 0.4) is 0 Å². The van der Waals surface area contributed by atoms with Gasteiger partial charge in [-0.3, -0.25) is 14.2 Å². The van der Waals surface area contributed by atoms with Crippen LogP contribution in [0.5, 0.6) is 0 Å². The van der Waals surface area contributed by atoms with Crippen LogP contribution in [0.2, 0.25) is 0 Å². The van der Waals surface area contributed by atoms with E-state index in [1.165, 1.54) is 53.3 Å². The van der Waals surface area contributed by atoms with E-state index in [0.717, 1.165) is 16.7 Å². The monoisotopic (exact) mass is 377 g/mol. The zero-order valence-corrected chi connectivity index (χ0v) is 16.2. The van der Waals surface area contributed by atoms with Crippen LogP contribution in [-0.4, -0.2) is 27.3 Å². The van der Waals surface area contributed by atoms with E-state index in [4.69, 9.17) is 0 Å². The third-order valence-corrected chi connectivity index (χ3v) is 7.66. The molecule has 25 heavy (non-hydrogen) atoms. The van der Waals surface area contributed by atoms with Crippen molar-refractivity contribution < 1.29 is 4.79 Å². The lowest BCUT2D eigenvalue weighted by Crippen LogP contribution is -2.41. The fourth-order valence-corrected chi connectivity index (χ4v) is 6.14. The first-order chi connectivity index (χ1) is 12.0. The Labute approximate surface area is 155 Å². The van der Waals surface area contributed by atoms with E-state index in [2.05, 4.69) is 17.2 Å². The molecule has 5 nitrogen and oxygen atoms in total. The van der Waals surface area contributed by atoms with Gasteiger partial charge in [0.1, 0.15) is 4.83 Å². The van der Waals surface area contributed by atoms with Gasteiger partial charge in [-0.1, -0.05) is 18.2 Å². The Morgan fingerprint density at radius 2 is 2.32 bits per heavy atom. The Morgan fingerprint density at radius 1 is 1.48 bits per heavy atom. The van der Waals surface area contributed by atoms with Crippen molar-refractivity contribution >= 4 is 39.2 Å². The average molecular weight is 378 g/mol. The number of hydrogen-bond acceptors (Lipinski definition) is 5. The third kappa shape index (κ3) is 3.24. The number of thiophene rings is 1. The highest BCUT2D eigenvalue weighted by Gasteiger charge is 2.42. The van der Waals surface area contributed by atoms with E-state index in [9.17, 15) is 9.59 Å². The molecule has 0 radical (unpaired) electrons. The van der Waals surface area contributed by atoms with Crippen molar-refractivity contribution in [2.75, 3.05) is 5.75 Å². The summed E-state index contributed by atoms with van der Waals surface area (Å²) in [5.41, 5.74) is -0.0514. The first-order valence-corrected chi connectivity index (χ1v) is 10.8. The Bertz CT molecular complexity index is 860. The number of carbonyl (C=O) groups excluding carboxylic acids is 1. The maximum atomic E-state index is 12.4. The minimum absolute atomic E-state index is 0.0285. The summed E-state index contributed by atoms with van der Waals surface area (Å²) in [4.78, 5) is 29.9. The van der Waals surface area contributed by atoms with E-state index in [-0.39, 0.29) is 17.5 Å². The van der Waals surface area contributed by atoms with Gasteiger partial charge in [0.25, 0.3) is 5.56 Å². The van der Waals surface area contributed by atoms with Gasteiger partial charge < -0.3 is 5.32 Å². The van der Waals surface area contributed by atoms with Gasteiger partial charge in [0.05, 0.1) is 11.1 Å². The number of hydrogen-bond donors (Lipinski definition) is 1. The Hall–Kier alpha value is -1.34. The molecule has 2 aliphatic rings. The van der Waals surface area contributed by atoms with Crippen molar-refractivity contribution in [2.24, 2.45) is 24.8 Å². The minimum atomic E-state index is -0.0514. The molecule has 2 aromatic rings. The second-order valence-electron chi connectivity index (χ2n) is 7.38. The van der Waals surface area contributed by atoms with Crippen LogP contribution >= 0.6 is 23.1 Å². The summed E-state index contributed by atoms with van der Waals surface area (Å²) in [6, 6.07) is 2.04. The average Bonchev–Trinajstić information content (AvgIpc) is 3.32. The van der Waals surface area contributed by atoms with Gasteiger partial charge in [0, 0.05) is 13.1 Å². The molecule has 134 valence electrons. The summed E-state index contributed by atoms with van der Waals surface area (Å²) in [7, 11) is 1.71. The van der Waals surface area contributed by atoms with Crippen LogP contribution in [-0.2, 0) is 11.8 Å². The SMILES string of the molecule is CC(NC(=O)CSc1nc2sccc2c(=O)n1C)C1CC2CCC1C2. The smallest absolute Gasteiger partial charge is 0.262 e. The zero-order valence-electron chi connectivity index (χ0n) is 14.5. The molecular formula is C18H23N3O2S2. The van der Waals surface area contributed by atoms with Gasteiger partial charge in [0.2, 0.25) is 5.91 Å². The quantitative estimate of drug-likeness (QED) is 0.643. The summed E-state index contributed by atoms with van der Waals surface area (Å²) < 4.78 is 1.53. The number of aromatic nitrogens is 2. The molecule has 0 saturated heterocycles. The van der Waals surface area contributed by atoms with Gasteiger partial charge in [-0.15, -0.1) is 11.3 Å². The molecule has 1 amide bonds. The molecule has 0 aliphatic heterocycles. The molecule has 4 rings (SSSR count). The van der Waals surface area contributed by atoms with Crippen LogP contribution in [0.4, 0.5) is 0 Å². The molecule has 2 heterocycles. The summed E-state index contributed by atoms with van der Waals surface area (Å²) in [6.45, 7) is 2.14. The zero-order chi connectivity index (χ0) is 17.6. The van der Waals surface area contributed by atoms with E-state index >= 15 is 0 Å². The number of thioether (sulfide) groups is 1. The number of nitrogens with zero attached hydrogens (tertiary/aromatic N) is 2. The molecule has 4 atom stereocenters. The summed E-state index contributed by atoms with van der Waals surface area (Å²) >= 11 is 2.79. The molecule has 2 bridgehead atoms. The lowest BCUT2D eigenvalue weighted by molar-refractivity contribution is -0.119. The van der Waals surface area contributed by atoms with Crippen LogP contribution in [0, 0.1) is 17.8 Å². The van der Waals surface area contributed by atoms with E-state index in [1.807, 2.05) is 5.38 Å². The van der Waals surface area contributed by atoms with Crippen molar-refractivity contribution in [3.8, 4) is 0 Å². The first kappa shape index (κ1) is 17.1. The van der Waals surface area contributed by atoms with Crippen molar-refractivity contribution in [2.45, 2.75) is 43.8 Å².